The minimum atomic E-state index is -0.0628. The van der Waals surface area contributed by atoms with Gasteiger partial charge in [-0.3, -0.25) is 0 Å². The molecular formula is C61H62BN3O. The molecule has 1 fully saturated rings. The number of furan rings is 1. The van der Waals surface area contributed by atoms with Crippen LogP contribution in [0.4, 0.5) is 45.5 Å². The number of anilines is 8. The standard InChI is InChI=1S/C61H62BN3O/c1-37-30-39(3)55-51(31-37)65(61(11)29-15-14-28-60(55,61)10)43-25-27-47-50(36-43)63(42-19-16-18-40(34-42)58(4,5)6)52-32-38(2)33-53-56(52)62(47)46-26-24-41(59(7,8)9)35-49(46)64(53)48-22-17-21-45-44-20-12-13-23-54(44)66-57(45)48/h12-13,16-27,30-36H,14-15,28-29H2,1-11H3. The number of rotatable bonds is 3. The van der Waals surface area contributed by atoms with Crippen molar-refractivity contribution in [2.75, 3.05) is 14.7 Å². The van der Waals surface area contributed by atoms with Crippen LogP contribution in [-0.4, -0.2) is 12.3 Å². The summed E-state index contributed by atoms with van der Waals surface area (Å²) in [6.45, 7) is 26.0. The summed E-state index contributed by atoms with van der Waals surface area (Å²) in [6.07, 6.45) is 4.88. The number of para-hydroxylation sites is 2. The second kappa shape index (κ2) is 13.9. The summed E-state index contributed by atoms with van der Waals surface area (Å²) in [7, 11) is 0. The van der Waals surface area contributed by atoms with Crippen LogP contribution >= 0.6 is 0 Å². The molecule has 12 rings (SSSR count). The van der Waals surface area contributed by atoms with E-state index in [2.05, 4.69) is 218 Å². The highest BCUT2D eigenvalue weighted by Gasteiger charge is 2.58. The highest BCUT2D eigenvalue weighted by Crippen LogP contribution is 2.62. The number of nitrogens with zero attached hydrogens (tertiary/aromatic N) is 3. The van der Waals surface area contributed by atoms with Crippen LogP contribution < -0.4 is 31.1 Å². The van der Waals surface area contributed by atoms with E-state index in [9.17, 15) is 0 Å². The fourth-order valence-corrected chi connectivity index (χ4v) is 13.1. The van der Waals surface area contributed by atoms with Crippen LogP contribution in [0.25, 0.3) is 21.9 Å². The van der Waals surface area contributed by atoms with E-state index in [0.717, 1.165) is 34.0 Å². The van der Waals surface area contributed by atoms with Crippen molar-refractivity contribution >= 4 is 90.5 Å². The molecule has 330 valence electrons. The zero-order valence-corrected chi connectivity index (χ0v) is 40.8. The van der Waals surface area contributed by atoms with Crippen molar-refractivity contribution in [2.45, 2.75) is 124 Å². The number of aryl methyl sites for hydroxylation is 3. The number of hydrogen-bond acceptors (Lipinski definition) is 4. The predicted octanol–water partition coefficient (Wildman–Crippen LogP) is 14.9. The molecule has 4 aliphatic rings. The van der Waals surface area contributed by atoms with Gasteiger partial charge in [0.15, 0.2) is 5.58 Å². The maximum Gasteiger partial charge on any atom is 0.252 e. The minimum Gasteiger partial charge on any atom is -0.454 e. The summed E-state index contributed by atoms with van der Waals surface area (Å²) < 4.78 is 6.88. The molecule has 2 atom stereocenters. The molecule has 1 aromatic heterocycles. The Morgan fingerprint density at radius 3 is 1.94 bits per heavy atom. The van der Waals surface area contributed by atoms with E-state index in [-0.39, 0.29) is 28.5 Å². The Kier molecular flexibility index (Phi) is 8.70. The highest BCUT2D eigenvalue weighted by molar-refractivity contribution is 7.00. The molecular weight excluding hydrogens is 802 g/mol. The van der Waals surface area contributed by atoms with Gasteiger partial charge in [0.25, 0.3) is 6.71 Å². The third kappa shape index (κ3) is 5.71. The van der Waals surface area contributed by atoms with Gasteiger partial charge in [0.05, 0.1) is 11.2 Å². The van der Waals surface area contributed by atoms with E-state index in [4.69, 9.17) is 4.42 Å². The first-order valence-corrected chi connectivity index (χ1v) is 24.4. The van der Waals surface area contributed by atoms with Crippen LogP contribution in [0, 0.1) is 20.8 Å². The third-order valence-electron chi connectivity index (χ3n) is 16.4. The Morgan fingerprint density at radius 2 is 1.17 bits per heavy atom. The van der Waals surface area contributed by atoms with Gasteiger partial charge in [0, 0.05) is 56.0 Å². The van der Waals surface area contributed by atoms with E-state index >= 15 is 0 Å². The molecule has 4 nitrogen and oxygen atoms in total. The fourth-order valence-electron chi connectivity index (χ4n) is 13.1. The largest absolute Gasteiger partial charge is 0.454 e. The van der Waals surface area contributed by atoms with Crippen molar-refractivity contribution in [3.8, 4) is 0 Å². The number of hydrogen-bond donors (Lipinski definition) is 0. The third-order valence-corrected chi connectivity index (χ3v) is 16.4. The molecule has 7 aromatic carbocycles. The maximum atomic E-state index is 6.88. The fraction of sp³-hybridized carbons (Fsp3) is 0.311. The molecule has 66 heavy (non-hydrogen) atoms. The van der Waals surface area contributed by atoms with Crippen LogP contribution in [0.5, 0.6) is 0 Å². The molecule has 4 heterocycles. The van der Waals surface area contributed by atoms with Crippen molar-refractivity contribution in [2.24, 2.45) is 0 Å². The quantitative estimate of drug-likeness (QED) is 0.165. The first kappa shape index (κ1) is 41.3. The van der Waals surface area contributed by atoms with Crippen LogP contribution in [0.1, 0.15) is 114 Å². The van der Waals surface area contributed by atoms with E-state index < -0.39 is 0 Å². The molecule has 1 saturated carbocycles. The maximum absolute atomic E-state index is 6.88. The van der Waals surface area contributed by atoms with Gasteiger partial charge in [-0.05, 0) is 162 Å². The average molecular weight is 864 g/mol. The zero-order valence-electron chi connectivity index (χ0n) is 40.8. The normalized spacial score (nSPS) is 19.8. The molecule has 0 amide bonds. The van der Waals surface area contributed by atoms with Crippen molar-refractivity contribution in [1.29, 1.82) is 0 Å². The van der Waals surface area contributed by atoms with Crippen molar-refractivity contribution in [1.82, 2.24) is 0 Å². The second-order valence-electron chi connectivity index (χ2n) is 22.8. The molecule has 0 radical (unpaired) electrons. The Labute approximate surface area is 392 Å². The monoisotopic (exact) mass is 863 g/mol. The predicted molar refractivity (Wildman–Crippen MR) is 282 cm³/mol. The molecule has 0 saturated heterocycles. The molecule has 0 N–H and O–H groups in total. The van der Waals surface area contributed by atoms with Gasteiger partial charge < -0.3 is 19.1 Å². The van der Waals surface area contributed by atoms with Crippen molar-refractivity contribution in [3.05, 3.63) is 161 Å². The summed E-state index contributed by atoms with van der Waals surface area (Å²) in [5.74, 6) is 0. The van der Waals surface area contributed by atoms with Gasteiger partial charge in [-0.25, -0.2) is 0 Å². The lowest BCUT2D eigenvalue weighted by atomic mass is 9.33. The van der Waals surface area contributed by atoms with Gasteiger partial charge >= 0.3 is 0 Å². The lowest BCUT2D eigenvalue weighted by molar-refractivity contribution is 0.194. The van der Waals surface area contributed by atoms with Gasteiger partial charge in [0.1, 0.15) is 5.58 Å². The number of benzene rings is 7. The van der Waals surface area contributed by atoms with E-state index in [1.165, 1.54) is 103 Å². The average Bonchev–Trinajstić information content (AvgIpc) is 3.75. The Hall–Kier alpha value is -6.20. The molecule has 5 heteroatoms. The van der Waals surface area contributed by atoms with Crippen LogP contribution in [-0.2, 0) is 16.2 Å². The van der Waals surface area contributed by atoms with Gasteiger partial charge in [-0.15, -0.1) is 0 Å². The number of fused-ring (bicyclic) bond motifs is 10. The van der Waals surface area contributed by atoms with Gasteiger partial charge in [-0.1, -0.05) is 128 Å². The molecule has 0 spiro atoms. The Bertz CT molecular complexity index is 3350. The van der Waals surface area contributed by atoms with Gasteiger partial charge in [0.2, 0.25) is 0 Å². The molecule has 0 bridgehead atoms. The summed E-state index contributed by atoms with van der Waals surface area (Å²) in [5.41, 5.74) is 23.7. The van der Waals surface area contributed by atoms with Crippen molar-refractivity contribution in [3.63, 3.8) is 0 Å². The van der Waals surface area contributed by atoms with Crippen LogP contribution in [0.2, 0.25) is 0 Å². The van der Waals surface area contributed by atoms with Crippen molar-refractivity contribution < 1.29 is 4.42 Å². The molecule has 2 unspecified atom stereocenters. The Balaban J connectivity index is 1.16. The summed E-state index contributed by atoms with van der Waals surface area (Å²) in [6, 6.07) is 49.1. The molecule has 8 aromatic rings. The molecule has 1 aliphatic carbocycles. The highest BCUT2D eigenvalue weighted by atomic mass is 16.3. The van der Waals surface area contributed by atoms with Gasteiger partial charge in [-0.2, -0.15) is 0 Å². The van der Waals surface area contributed by atoms with E-state index in [0.29, 0.717) is 0 Å². The summed E-state index contributed by atoms with van der Waals surface area (Å²) >= 11 is 0. The minimum absolute atomic E-state index is 0.00253. The van der Waals surface area contributed by atoms with Crippen LogP contribution in [0.3, 0.4) is 0 Å². The summed E-state index contributed by atoms with van der Waals surface area (Å²) in [4.78, 5) is 7.94. The SMILES string of the molecule is Cc1cc2c3c(c1)N(c1cccc4c1oc1ccccc14)c1cc(C(C)(C)C)ccc1B3c1ccc(N3c4cc(C)cc(C)c4C4(C)CCCCC34C)cc1N2c1cccc(C(C)(C)C)c1. The second-order valence-corrected chi connectivity index (χ2v) is 22.8. The lowest BCUT2D eigenvalue weighted by Gasteiger charge is -2.51. The van der Waals surface area contributed by atoms with Crippen LogP contribution in [0.15, 0.2) is 132 Å². The van der Waals surface area contributed by atoms with E-state index in [1.54, 1.807) is 5.56 Å². The first-order valence-electron chi connectivity index (χ1n) is 24.4. The summed E-state index contributed by atoms with van der Waals surface area (Å²) in [5, 5.41) is 2.28. The van der Waals surface area contributed by atoms with E-state index in [1.807, 2.05) is 0 Å². The molecule has 3 aliphatic heterocycles. The lowest BCUT2D eigenvalue weighted by Crippen LogP contribution is -2.61. The zero-order chi connectivity index (χ0) is 45.8. The first-order chi connectivity index (χ1) is 31.5. The smallest absolute Gasteiger partial charge is 0.252 e. The Morgan fingerprint density at radius 1 is 0.530 bits per heavy atom. The topological polar surface area (TPSA) is 22.9 Å².